The number of nitrogens with zero attached hydrogens (tertiary/aromatic N) is 2. The Morgan fingerprint density at radius 2 is 1.90 bits per heavy atom. The number of hydrogen-bond donors (Lipinski definition) is 2. The van der Waals surface area contributed by atoms with Crippen LogP contribution in [0.4, 0.5) is 11.6 Å². The third-order valence-corrected chi connectivity index (χ3v) is 3.60. The molecule has 1 saturated heterocycles. The van der Waals surface area contributed by atoms with Gasteiger partial charge < -0.3 is 15.4 Å². The van der Waals surface area contributed by atoms with Crippen molar-refractivity contribution in [2.45, 2.75) is 58.5 Å². The van der Waals surface area contributed by atoms with Crippen LogP contribution in [0.1, 0.15) is 51.8 Å². The van der Waals surface area contributed by atoms with Crippen LogP contribution in [0.15, 0.2) is 6.07 Å². The summed E-state index contributed by atoms with van der Waals surface area (Å²) in [6.45, 7) is 7.07. The Morgan fingerprint density at radius 1 is 1.14 bits per heavy atom. The highest BCUT2D eigenvalue weighted by atomic mass is 16.5. The average Bonchev–Trinajstić information content (AvgIpc) is 2.99. The smallest absolute Gasteiger partial charge is 0.133 e. The highest BCUT2D eigenvalue weighted by Gasteiger charge is 2.14. The molecular formula is C16H28N4O. The lowest BCUT2D eigenvalue weighted by atomic mass is 10.2. The summed E-state index contributed by atoms with van der Waals surface area (Å²) in [5.74, 6) is 2.76. The largest absolute Gasteiger partial charge is 0.378 e. The fourth-order valence-electron chi connectivity index (χ4n) is 2.50. The lowest BCUT2D eigenvalue weighted by Gasteiger charge is -2.13. The number of aryl methyl sites for hydroxylation is 1. The van der Waals surface area contributed by atoms with Gasteiger partial charge in [-0.1, -0.05) is 13.8 Å². The SMILES string of the molecule is CCCNc1cc(NCCC2CCCO2)nc(CCC)n1. The van der Waals surface area contributed by atoms with Gasteiger partial charge in [-0.2, -0.15) is 0 Å². The van der Waals surface area contributed by atoms with Gasteiger partial charge in [0.2, 0.25) is 0 Å². The van der Waals surface area contributed by atoms with E-state index in [2.05, 4.69) is 34.4 Å². The van der Waals surface area contributed by atoms with Gasteiger partial charge in [0.05, 0.1) is 6.10 Å². The molecule has 0 aromatic carbocycles. The molecule has 1 unspecified atom stereocenters. The molecule has 0 saturated carbocycles. The van der Waals surface area contributed by atoms with Crippen molar-refractivity contribution in [3.05, 3.63) is 11.9 Å². The Hall–Kier alpha value is -1.36. The van der Waals surface area contributed by atoms with Gasteiger partial charge in [0.25, 0.3) is 0 Å². The van der Waals surface area contributed by atoms with Crippen LogP contribution in [0.3, 0.4) is 0 Å². The van der Waals surface area contributed by atoms with Gasteiger partial charge in [-0.3, -0.25) is 0 Å². The first kappa shape index (κ1) is 16.0. The van der Waals surface area contributed by atoms with E-state index < -0.39 is 0 Å². The van der Waals surface area contributed by atoms with Gasteiger partial charge in [-0.25, -0.2) is 9.97 Å². The van der Waals surface area contributed by atoms with Crippen molar-refractivity contribution in [2.24, 2.45) is 0 Å². The minimum absolute atomic E-state index is 0.423. The zero-order valence-corrected chi connectivity index (χ0v) is 13.3. The van der Waals surface area contributed by atoms with Gasteiger partial charge in [-0.05, 0) is 32.1 Å². The van der Waals surface area contributed by atoms with Crippen molar-refractivity contribution >= 4 is 11.6 Å². The summed E-state index contributed by atoms with van der Waals surface area (Å²) in [6, 6.07) is 2.00. The molecule has 1 aliphatic heterocycles. The number of hydrogen-bond acceptors (Lipinski definition) is 5. The first-order valence-electron chi connectivity index (χ1n) is 8.29. The van der Waals surface area contributed by atoms with Crippen LogP contribution in [0.2, 0.25) is 0 Å². The molecule has 1 aliphatic rings. The highest BCUT2D eigenvalue weighted by Crippen LogP contribution is 2.16. The number of nitrogens with one attached hydrogen (secondary N) is 2. The molecular weight excluding hydrogens is 264 g/mol. The molecule has 2 N–H and O–H groups in total. The first-order valence-corrected chi connectivity index (χ1v) is 8.29. The summed E-state index contributed by atoms with van der Waals surface area (Å²) in [7, 11) is 0. The molecule has 118 valence electrons. The minimum atomic E-state index is 0.423. The van der Waals surface area contributed by atoms with Crippen LogP contribution in [0, 0.1) is 0 Å². The van der Waals surface area contributed by atoms with E-state index in [0.29, 0.717) is 6.10 Å². The van der Waals surface area contributed by atoms with Gasteiger partial charge in [0, 0.05) is 32.2 Å². The van der Waals surface area contributed by atoms with Crippen LogP contribution in [0.25, 0.3) is 0 Å². The molecule has 1 atom stereocenters. The Bertz CT molecular complexity index is 419. The van der Waals surface area contributed by atoms with Crippen LogP contribution in [-0.2, 0) is 11.2 Å². The van der Waals surface area contributed by atoms with Gasteiger partial charge in [-0.15, -0.1) is 0 Å². The van der Waals surface area contributed by atoms with Crippen molar-refractivity contribution in [1.82, 2.24) is 9.97 Å². The molecule has 5 nitrogen and oxygen atoms in total. The Morgan fingerprint density at radius 3 is 2.52 bits per heavy atom. The molecule has 1 aromatic rings. The molecule has 21 heavy (non-hydrogen) atoms. The maximum absolute atomic E-state index is 5.64. The molecule has 0 amide bonds. The zero-order chi connectivity index (χ0) is 14.9. The summed E-state index contributed by atoms with van der Waals surface area (Å²) in [5.41, 5.74) is 0. The first-order chi connectivity index (χ1) is 10.3. The molecule has 0 bridgehead atoms. The van der Waals surface area contributed by atoms with E-state index in [4.69, 9.17) is 4.74 Å². The second-order valence-electron chi connectivity index (χ2n) is 5.58. The Labute approximate surface area is 127 Å². The second-order valence-corrected chi connectivity index (χ2v) is 5.58. The second kappa shape index (κ2) is 8.82. The molecule has 1 fully saturated rings. The Kier molecular flexibility index (Phi) is 6.73. The Balaban J connectivity index is 1.90. The van der Waals surface area contributed by atoms with Crippen LogP contribution >= 0.6 is 0 Å². The number of aromatic nitrogens is 2. The summed E-state index contributed by atoms with van der Waals surface area (Å²) in [5, 5.41) is 6.77. The van der Waals surface area contributed by atoms with Gasteiger partial charge in [0.15, 0.2) is 0 Å². The van der Waals surface area contributed by atoms with Crippen molar-refractivity contribution in [2.75, 3.05) is 30.3 Å². The molecule has 0 spiro atoms. The van der Waals surface area contributed by atoms with Gasteiger partial charge >= 0.3 is 0 Å². The topological polar surface area (TPSA) is 59.1 Å². The molecule has 5 heteroatoms. The van der Waals surface area contributed by atoms with Gasteiger partial charge in [0.1, 0.15) is 17.5 Å². The van der Waals surface area contributed by atoms with Crippen molar-refractivity contribution in [3.8, 4) is 0 Å². The van der Waals surface area contributed by atoms with E-state index in [1.165, 1.54) is 12.8 Å². The summed E-state index contributed by atoms with van der Waals surface area (Å²) >= 11 is 0. The number of anilines is 2. The van der Waals surface area contributed by atoms with Crippen LogP contribution in [-0.4, -0.2) is 35.8 Å². The maximum Gasteiger partial charge on any atom is 0.133 e. The molecule has 2 heterocycles. The number of ether oxygens (including phenoxy) is 1. The summed E-state index contributed by atoms with van der Waals surface area (Å²) in [4.78, 5) is 9.15. The lowest BCUT2D eigenvalue weighted by molar-refractivity contribution is 0.107. The average molecular weight is 292 g/mol. The fourth-order valence-corrected chi connectivity index (χ4v) is 2.50. The fraction of sp³-hybridized carbons (Fsp3) is 0.750. The lowest BCUT2D eigenvalue weighted by Crippen LogP contribution is -2.14. The van der Waals surface area contributed by atoms with E-state index in [9.17, 15) is 0 Å². The zero-order valence-electron chi connectivity index (χ0n) is 13.3. The van der Waals surface area contributed by atoms with Crippen molar-refractivity contribution < 1.29 is 4.74 Å². The molecule has 0 radical (unpaired) electrons. The molecule has 0 aliphatic carbocycles. The van der Waals surface area contributed by atoms with Crippen LogP contribution in [0.5, 0.6) is 0 Å². The molecule has 2 rings (SSSR count). The van der Waals surface area contributed by atoms with E-state index in [1.54, 1.807) is 0 Å². The van der Waals surface area contributed by atoms with E-state index >= 15 is 0 Å². The third-order valence-electron chi connectivity index (χ3n) is 3.60. The van der Waals surface area contributed by atoms with E-state index in [0.717, 1.165) is 62.8 Å². The number of rotatable bonds is 9. The monoisotopic (exact) mass is 292 g/mol. The predicted octanol–water partition coefficient (Wildman–Crippen LogP) is 3.23. The maximum atomic E-state index is 5.64. The summed E-state index contributed by atoms with van der Waals surface area (Å²) in [6.07, 6.45) is 6.93. The van der Waals surface area contributed by atoms with Crippen molar-refractivity contribution in [1.29, 1.82) is 0 Å². The minimum Gasteiger partial charge on any atom is -0.378 e. The quantitative estimate of drug-likeness (QED) is 0.732. The predicted molar refractivity (Wildman–Crippen MR) is 86.9 cm³/mol. The van der Waals surface area contributed by atoms with Crippen molar-refractivity contribution in [3.63, 3.8) is 0 Å². The third kappa shape index (κ3) is 5.50. The summed E-state index contributed by atoms with van der Waals surface area (Å²) < 4.78 is 5.64. The molecule has 1 aromatic heterocycles. The van der Waals surface area contributed by atoms with E-state index in [-0.39, 0.29) is 0 Å². The van der Waals surface area contributed by atoms with E-state index in [1.807, 2.05) is 6.07 Å². The standard InChI is InChI=1S/C16H28N4O/c1-3-6-14-19-15(17-9-4-2)12-16(20-14)18-10-8-13-7-5-11-21-13/h12-13H,3-11H2,1-2H3,(H2,17,18,19,20). The van der Waals surface area contributed by atoms with Crippen LogP contribution < -0.4 is 10.6 Å². The normalized spacial score (nSPS) is 17.9. The highest BCUT2D eigenvalue weighted by molar-refractivity contribution is 5.47.